The SMILES string of the molecule is CCCC1(C(=O)N2CCC(N3CCCC3)C2)CCNC1. The van der Waals surface area contributed by atoms with Crippen molar-refractivity contribution in [2.24, 2.45) is 5.41 Å². The fourth-order valence-electron chi connectivity index (χ4n) is 4.39. The Kier molecular flexibility index (Phi) is 4.32. The smallest absolute Gasteiger partial charge is 0.230 e. The van der Waals surface area contributed by atoms with Gasteiger partial charge in [0.2, 0.25) is 5.91 Å². The molecule has 3 saturated heterocycles. The number of nitrogens with zero attached hydrogens (tertiary/aromatic N) is 2. The van der Waals surface area contributed by atoms with Gasteiger partial charge in [-0.3, -0.25) is 9.69 Å². The average Bonchev–Trinajstić information content (AvgIpc) is 3.19. The summed E-state index contributed by atoms with van der Waals surface area (Å²) in [6.45, 7) is 8.54. The number of hydrogen-bond donors (Lipinski definition) is 1. The van der Waals surface area contributed by atoms with Crippen LogP contribution in [-0.2, 0) is 4.79 Å². The average molecular weight is 279 g/mol. The second kappa shape index (κ2) is 6.02. The Morgan fingerprint density at radius 3 is 2.75 bits per heavy atom. The van der Waals surface area contributed by atoms with Crippen molar-refractivity contribution in [1.82, 2.24) is 15.1 Å². The van der Waals surface area contributed by atoms with E-state index in [1.807, 2.05) is 0 Å². The number of carbonyl (C=O) groups excluding carboxylic acids is 1. The van der Waals surface area contributed by atoms with Crippen molar-refractivity contribution < 1.29 is 4.79 Å². The number of hydrogen-bond acceptors (Lipinski definition) is 3. The Bertz CT molecular complexity index is 346. The summed E-state index contributed by atoms with van der Waals surface area (Å²) < 4.78 is 0. The molecule has 0 saturated carbocycles. The Hall–Kier alpha value is -0.610. The fraction of sp³-hybridized carbons (Fsp3) is 0.938. The standard InChI is InChI=1S/C16H29N3O/c1-2-6-16(7-8-17-13-16)15(20)19-11-5-14(12-19)18-9-3-4-10-18/h14,17H,2-13H2,1H3. The van der Waals surface area contributed by atoms with E-state index >= 15 is 0 Å². The van der Waals surface area contributed by atoms with Gasteiger partial charge in [-0.05, 0) is 51.7 Å². The van der Waals surface area contributed by atoms with Crippen LogP contribution in [0.25, 0.3) is 0 Å². The molecule has 0 aromatic carbocycles. The van der Waals surface area contributed by atoms with E-state index in [2.05, 4.69) is 22.0 Å². The van der Waals surface area contributed by atoms with Crippen molar-refractivity contribution in [3.8, 4) is 0 Å². The van der Waals surface area contributed by atoms with Crippen LogP contribution in [0.3, 0.4) is 0 Å². The van der Waals surface area contributed by atoms with Crippen LogP contribution in [0.5, 0.6) is 0 Å². The van der Waals surface area contributed by atoms with Crippen LogP contribution in [0.2, 0.25) is 0 Å². The molecule has 0 aromatic heterocycles. The zero-order valence-corrected chi connectivity index (χ0v) is 12.9. The van der Waals surface area contributed by atoms with Gasteiger partial charge in [0, 0.05) is 25.7 Å². The Morgan fingerprint density at radius 1 is 1.30 bits per heavy atom. The van der Waals surface area contributed by atoms with Crippen molar-refractivity contribution in [3.63, 3.8) is 0 Å². The van der Waals surface area contributed by atoms with E-state index in [4.69, 9.17) is 0 Å². The van der Waals surface area contributed by atoms with E-state index in [1.165, 1.54) is 32.4 Å². The number of nitrogens with one attached hydrogen (secondary N) is 1. The highest BCUT2D eigenvalue weighted by Gasteiger charge is 2.44. The van der Waals surface area contributed by atoms with Gasteiger partial charge in [0.25, 0.3) is 0 Å². The van der Waals surface area contributed by atoms with Crippen LogP contribution in [0.4, 0.5) is 0 Å². The highest BCUT2D eigenvalue weighted by molar-refractivity contribution is 5.83. The first-order valence-corrected chi connectivity index (χ1v) is 8.49. The first-order chi connectivity index (χ1) is 9.75. The molecule has 4 heteroatoms. The molecule has 0 spiro atoms. The van der Waals surface area contributed by atoms with Crippen LogP contribution in [0.1, 0.15) is 45.4 Å². The number of amides is 1. The van der Waals surface area contributed by atoms with Crippen LogP contribution >= 0.6 is 0 Å². The lowest BCUT2D eigenvalue weighted by Crippen LogP contribution is -2.45. The van der Waals surface area contributed by atoms with Crippen LogP contribution in [-0.4, -0.2) is 61.0 Å². The summed E-state index contributed by atoms with van der Waals surface area (Å²) in [5, 5.41) is 3.41. The molecule has 3 aliphatic heterocycles. The molecule has 1 amide bonds. The van der Waals surface area contributed by atoms with Gasteiger partial charge in [-0.25, -0.2) is 0 Å². The van der Waals surface area contributed by atoms with Crippen molar-refractivity contribution >= 4 is 5.91 Å². The van der Waals surface area contributed by atoms with Gasteiger partial charge in [0.1, 0.15) is 0 Å². The summed E-state index contributed by atoms with van der Waals surface area (Å²) in [5.74, 6) is 0.436. The lowest BCUT2D eigenvalue weighted by Gasteiger charge is -2.32. The van der Waals surface area contributed by atoms with Crippen LogP contribution in [0.15, 0.2) is 0 Å². The van der Waals surface area contributed by atoms with E-state index in [1.54, 1.807) is 0 Å². The minimum Gasteiger partial charge on any atom is -0.341 e. The predicted octanol–water partition coefficient (Wildman–Crippen LogP) is 1.46. The van der Waals surface area contributed by atoms with Gasteiger partial charge >= 0.3 is 0 Å². The van der Waals surface area contributed by atoms with E-state index < -0.39 is 0 Å². The molecule has 114 valence electrons. The maximum atomic E-state index is 13.0. The topological polar surface area (TPSA) is 35.6 Å². The van der Waals surface area contributed by atoms with E-state index in [0.29, 0.717) is 11.9 Å². The van der Waals surface area contributed by atoms with Crippen LogP contribution < -0.4 is 5.32 Å². The van der Waals surface area contributed by atoms with E-state index in [9.17, 15) is 4.79 Å². The molecule has 3 fully saturated rings. The minimum atomic E-state index is -0.0886. The van der Waals surface area contributed by atoms with Crippen LogP contribution in [0, 0.1) is 5.41 Å². The van der Waals surface area contributed by atoms with Gasteiger partial charge in [-0.2, -0.15) is 0 Å². The lowest BCUT2D eigenvalue weighted by molar-refractivity contribution is -0.140. The molecule has 0 aliphatic carbocycles. The first kappa shape index (κ1) is 14.3. The number of likely N-dealkylation sites (tertiary alicyclic amines) is 2. The van der Waals surface area contributed by atoms with Crippen molar-refractivity contribution in [2.75, 3.05) is 39.3 Å². The Morgan fingerprint density at radius 2 is 2.10 bits per heavy atom. The maximum Gasteiger partial charge on any atom is 0.230 e. The second-order valence-corrected chi connectivity index (χ2v) is 6.89. The van der Waals surface area contributed by atoms with Crippen molar-refractivity contribution in [2.45, 2.75) is 51.5 Å². The number of carbonyl (C=O) groups is 1. The molecule has 3 aliphatic rings. The summed E-state index contributed by atoms with van der Waals surface area (Å²) in [6.07, 6.45) is 7.05. The second-order valence-electron chi connectivity index (χ2n) is 6.89. The van der Waals surface area contributed by atoms with E-state index in [0.717, 1.165) is 45.4 Å². The molecule has 1 N–H and O–H groups in total. The monoisotopic (exact) mass is 279 g/mol. The molecule has 0 radical (unpaired) electrons. The number of rotatable bonds is 4. The van der Waals surface area contributed by atoms with Gasteiger partial charge < -0.3 is 10.2 Å². The normalized spacial score (nSPS) is 35.0. The third-order valence-electron chi connectivity index (χ3n) is 5.53. The summed E-state index contributed by atoms with van der Waals surface area (Å²) in [7, 11) is 0. The van der Waals surface area contributed by atoms with Gasteiger partial charge in [0.05, 0.1) is 5.41 Å². The Balaban J connectivity index is 1.62. The zero-order chi connectivity index (χ0) is 14.0. The molecule has 0 aromatic rings. The first-order valence-electron chi connectivity index (χ1n) is 8.49. The zero-order valence-electron chi connectivity index (χ0n) is 12.9. The third kappa shape index (κ3) is 2.60. The summed E-state index contributed by atoms with van der Waals surface area (Å²) in [5.41, 5.74) is -0.0886. The molecular weight excluding hydrogens is 250 g/mol. The molecule has 3 rings (SSSR count). The van der Waals surface area contributed by atoms with Gasteiger partial charge in [0.15, 0.2) is 0 Å². The molecule has 0 bridgehead atoms. The minimum absolute atomic E-state index is 0.0886. The molecule has 20 heavy (non-hydrogen) atoms. The summed E-state index contributed by atoms with van der Waals surface area (Å²) >= 11 is 0. The molecule has 2 atom stereocenters. The highest BCUT2D eigenvalue weighted by Crippen LogP contribution is 2.35. The van der Waals surface area contributed by atoms with Crippen molar-refractivity contribution in [3.05, 3.63) is 0 Å². The van der Waals surface area contributed by atoms with Crippen molar-refractivity contribution in [1.29, 1.82) is 0 Å². The summed E-state index contributed by atoms with van der Waals surface area (Å²) in [4.78, 5) is 17.8. The Labute approximate surface area is 122 Å². The summed E-state index contributed by atoms with van der Waals surface area (Å²) in [6, 6.07) is 0.634. The maximum absolute atomic E-state index is 13.0. The lowest BCUT2D eigenvalue weighted by atomic mass is 9.81. The highest BCUT2D eigenvalue weighted by atomic mass is 16.2. The predicted molar refractivity (Wildman–Crippen MR) is 80.6 cm³/mol. The molecule has 3 heterocycles. The third-order valence-corrected chi connectivity index (χ3v) is 5.53. The molecule has 2 unspecified atom stereocenters. The molecule has 4 nitrogen and oxygen atoms in total. The van der Waals surface area contributed by atoms with Gasteiger partial charge in [-0.15, -0.1) is 0 Å². The van der Waals surface area contributed by atoms with E-state index in [-0.39, 0.29) is 5.41 Å². The largest absolute Gasteiger partial charge is 0.341 e. The van der Waals surface area contributed by atoms with Gasteiger partial charge in [-0.1, -0.05) is 13.3 Å². The quantitative estimate of drug-likeness (QED) is 0.846. The fourth-order valence-corrected chi connectivity index (χ4v) is 4.39. The molecular formula is C16H29N3O.